The van der Waals surface area contributed by atoms with Crippen LogP contribution in [0.5, 0.6) is 0 Å². The van der Waals surface area contributed by atoms with Crippen LogP contribution in [0.15, 0.2) is 24.3 Å². The van der Waals surface area contributed by atoms with Crippen molar-refractivity contribution >= 4 is 17.7 Å². The molecule has 0 bridgehead atoms. The van der Waals surface area contributed by atoms with Crippen molar-refractivity contribution in [1.29, 1.82) is 0 Å². The van der Waals surface area contributed by atoms with Crippen LogP contribution in [0.4, 0.5) is 0 Å². The third kappa shape index (κ3) is 6.31. The fourth-order valence-corrected chi connectivity index (χ4v) is 4.40. The molecule has 3 amide bonds. The van der Waals surface area contributed by atoms with Gasteiger partial charge in [0, 0.05) is 44.3 Å². The van der Waals surface area contributed by atoms with Gasteiger partial charge in [-0.1, -0.05) is 32.9 Å². The van der Waals surface area contributed by atoms with Crippen molar-refractivity contribution in [2.75, 3.05) is 45.8 Å². The number of nitrogens with one attached hydrogen (secondary N) is 1. The normalized spacial score (nSPS) is 20.2. The number of piperazine rings is 1. The Morgan fingerprint density at radius 1 is 0.938 bits per heavy atom. The maximum Gasteiger partial charge on any atom is 0.251 e. The molecule has 1 aromatic rings. The lowest BCUT2D eigenvalue weighted by molar-refractivity contribution is -0.137. The zero-order valence-corrected chi connectivity index (χ0v) is 20.0. The highest BCUT2D eigenvalue weighted by Crippen LogP contribution is 2.22. The number of rotatable bonds is 5. The highest BCUT2D eigenvalue weighted by molar-refractivity contribution is 5.96. The largest absolute Gasteiger partial charge is 0.343 e. The second kappa shape index (κ2) is 10.5. The summed E-state index contributed by atoms with van der Waals surface area (Å²) in [5.74, 6) is -0.124. The quantitative estimate of drug-likeness (QED) is 0.759. The van der Waals surface area contributed by atoms with Crippen LogP contribution in [0.1, 0.15) is 62.9 Å². The van der Waals surface area contributed by atoms with E-state index in [0.29, 0.717) is 44.3 Å². The molecule has 0 spiro atoms. The van der Waals surface area contributed by atoms with Crippen LogP contribution in [0, 0.1) is 0 Å². The predicted octanol–water partition coefficient (Wildman–Crippen LogP) is 2.26. The van der Waals surface area contributed by atoms with E-state index in [1.165, 1.54) is 6.42 Å². The van der Waals surface area contributed by atoms with Crippen molar-refractivity contribution in [3.8, 4) is 0 Å². The minimum atomic E-state index is -0.237. The lowest BCUT2D eigenvalue weighted by Gasteiger charge is -2.38. The topological polar surface area (TPSA) is 73.0 Å². The molecule has 1 aromatic carbocycles. The lowest BCUT2D eigenvalue weighted by atomic mass is 9.87. The number of carbonyl (C=O) groups excluding carboxylic acids is 3. The van der Waals surface area contributed by atoms with Crippen LogP contribution in [-0.4, -0.2) is 84.3 Å². The van der Waals surface area contributed by atoms with Gasteiger partial charge in [-0.3, -0.25) is 19.3 Å². The number of piperidine rings is 1. The lowest BCUT2D eigenvalue weighted by Crippen LogP contribution is -2.54. The minimum Gasteiger partial charge on any atom is -0.343 e. The van der Waals surface area contributed by atoms with E-state index in [-0.39, 0.29) is 29.7 Å². The van der Waals surface area contributed by atoms with Gasteiger partial charge in [-0.05, 0) is 49.3 Å². The summed E-state index contributed by atoms with van der Waals surface area (Å²) in [5.41, 5.74) is 1.75. The molecule has 0 aromatic heterocycles. The van der Waals surface area contributed by atoms with E-state index in [1.807, 2.05) is 17.0 Å². The number of likely N-dealkylation sites (tertiary alicyclic amines) is 1. The molecule has 1 unspecified atom stereocenters. The average molecular weight is 443 g/mol. The maximum absolute atomic E-state index is 12.6. The number of amides is 3. The smallest absolute Gasteiger partial charge is 0.251 e. The van der Waals surface area contributed by atoms with Crippen LogP contribution in [-0.2, 0) is 15.0 Å². The fraction of sp³-hybridized carbons (Fsp3) is 0.640. The first-order valence-electron chi connectivity index (χ1n) is 11.8. The Labute approximate surface area is 192 Å². The van der Waals surface area contributed by atoms with E-state index in [0.717, 1.165) is 24.9 Å². The molecule has 0 aliphatic carbocycles. The first-order chi connectivity index (χ1) is 15.1. The zero-order chi connectivity index (χ0) is 23.3. The summed E-state index contributed by atoms with van der Waals surface area (Å²) in [6, 6.07) is 7.86. The van der Waals surface area contributed by atoms with Crippen LogP contribution >= 0.6 is 0 Å². The molecule has 1 N–H and O–H groups in total. The van der Waals surface area contributed by atoms with Crippen molar-refractivity contribution < 1.29 is 14.4 Å². The van der Waals surface area contributed by atoms with Gasteiger partial charge in [0.2, 0.25) is 11.8 Å². The number of hydrogen-bond acceptors (Lipinski definition) is 4. The van der Waals surface area contributed by atoms with Gasteiger partial charge in [0.25, 0.3) is 5.91 Å². The Bertz CT molecular complexity index is 807. The Morgan fingerprint density at radius 3 is 2.19 bits per heavy atom. The van der Waals surface area contributed by atoms with Crippen molar-refractivity contribution in [3.63, 3.8) is 0 Å². The Morgan fingerprint density at radius 2 is 1.59 bits per heavy atom. The van der Waals surface area contributed by atoms with Crippen molar-refractivity contribution in [3.05, 3.63) is 35.4 Å². The van der Waals surface area contributed by atoms with Crippen LogP contribution < -0.4 is 5.32 Å². The molecule has 0 saturated carbocycles. The summed E-state index contributed by atoms with van der Waals surface area (Å²) in [6.45, 7) is 12.3. The third-order valence-electron chi connectivity index (χ3n) is 6.62. The SMILES string of the molecule is CC1CCCCN1C(=O)CN1CCN(C(=O)CNC(=O)c2ccc(C(C)(C)C)cc2)CC1. The van der Waals surface area contributed by atoms with E-state index in [1.54, 1.807) is 17.0 Å². The zero-order valence-electron chi connectivity index (χ0n) is 20.0. The highest BCUT2D eigenvalue weighted by Gasteiger charge is 2.27. The molecule has 1 atom stereocenters. The van der Waals surface area contributed by atoms with Crippen LogP contribution in [0.2, 0.25) is 0 Å². The van der Waals surface area contributed by atoms with E-state index >= 15 is 0 Å². The molecular weight excluding hydrogens is 404 g/mol. The average Bonchev–Trinajstić information content (AvgIpc) is 2.77. The summed E-state index contributed by atoms with van der Waals surface area (Å²) in [5, 5.41) is 2.74. The highest BCUT2D eigenvalue weighted by atomic mass is 16.2. The number of benzene rings is 1. The maximum atomic E-state index is 12.6. The monoisotopic (exact) mass is 442 g/mol. The van der Waals surface area contributed by atoms with E-state index in [9.17, 15) is 14.4 Å². The summed E-state index contributed by atoms with van der Waals surface area (Å²) < 4.78 is 0. The third-order valence-corrected chi connectivity index (χ3v) is 6.62. The number of nitrogens with zero attached hydrogens (tertiary/aromatic N) is 3. The van der Waals surface area contributed by atoms with E-state index in [4.69, 9.17) is 0 Å². The molecule has 2 aliphatic rings. The number of hydrogen-bond donors (Lipinski definition) is 1. The summed E-state index contributed by atoms with van der Waals surface area (Å²) in [6.07, 6.45) is 3.37. The molecule has 7 heteroatoms. The van der Waals surface area contributed by atoms with Crippen molar-refractivity contribution in [2.24, 2.45) is 0 Å². The van der Waals surface area contributed by atoms with Gasteiger partial charge in [-0.15, -0.1) is 0 Å². The van der Waals surface area contributed by atoms with Gasteiger partial charge < -0.3 is 15.1 Å². The molecule has 7 nitrogen and oxygen atoms in total. The molecule has 3 rings (SSSR count). The van der Waals surface area contributed by atoms with Crippen LogP contribution in [0.3, 0.4) is 0 Å². The Hall–Kier alpha value is -2.41. The Kier molecular flexibility index (Phi) is 7.93. The van der Waals surface area contributed by atoms with Crippen molar-refractivity contribution in [2.45, 2.75) is 58.4 Å². The van der Waals surface area contributed by atoms with Gasteiger partial charge in [0.15, 0.2) is 0 Å². The predicted molar refractivity (Wildman–Crippen MR) is 126 cm³/mol. The van der Waals surface area contributed by atoms with E-state index < -0.39 is 0 Å². The summed E-state index contributed by atoms with van der Waals surface area (Å²) in [7, 11) is 0. The van der Waals surface area contributed by atoms with Crippen LogP contribution in [0.25, 0.3) is 0 Å². The molecule has 176 valence electrons. The fourth-order valence-electron chi connectivity index (χ4n) is 4.40. The number of carbonyl (C=O) groups is 3. The summed E-state index contributed by atoms with van der Waals surface area (Å²) in [4.78, 5) is 43.5. The molecule has 2 heterocycles. The minimum absolute atomic E-state index is 0.00984. The van der Waals surface area contributed by atoms with Gasteiger partial charge in [-0.2, -0.15) is 0 Å². The van der Waals surface area contributed by atoms with Gasteiger partial charge in [0.1, 0.15) is 0 Å². The molecule has 2 fully saturated rings. The van der Waals surface area contributed by atoms with Crippen molar-refractivity contribution in [1.82, 2.24) is 20.0 Å². The van der Waals surface area contributed by atoms with Gasteiger partial charge in [0.05, 0.1) is 13.1 Å². The second-order valence-corrected chi connectivity index (χ2v) is 10.1. The molecule has 0 radical (unpaired) electrons. The molecular formula is C25H38N4O3. The first-order valence-corrected chi connectivity index (χ1v) is 11.8. The first kappa shape index (κ1) is 24.2. The standard InChI is InChI=1S/C25H38N4O3/c1-19-7-5-6-12-29(19)23(31)18-27-13-15-28(16-14-27)22(30)17-26-24(32)20-8-10-21(11-9-20)25(2,3)4/h8-11,19H,5-7,12-18H2,1-4H3,(H,26,32). The molecule has 2 aliphatic heterocycles. The molecule has 32 heavy (non-hydrogen) atoms. The molecule has 2 saturated heterocycles. The Balaban J connectivity index is 1.40. The second-order valence-electron chi connectivity index (χ2n) is 10.1. The van der Waals surface area contributed by atoms with Gasteiger partial charge >= 0.3 is 0 Å². The van der Waals surface area contributed by atoms with E-state index in [2.05, 4.69) is 37.9 Å². The van der Waals surface area contributed by atoms with Gasteiger partial charge in [-0.25, -0.2) is 0 Å². The summed E-state index contributed by atoms with van der Waals surface area (Å²) >= 11 is 0.